The Morgan fingerprint density at radius 2 is 2.07 bits per heavy atom. The van der Waals surface area contributed by atoms with Gasteiger partial charge in [-0.15, -0.1) is 0 Å². The lowest BCUT2D eigenvalue weighted by Crippen LogP contribution is -1.96. The number of nitrogens with zero attached hydrogens (tertiary/aromatic N) is 3. The summed E-state index contributed by atoms with van der Waals surface area (Å²) in [6.07, 6.45) is 3.49. The molecule has 0 saturated carbocycles. The smallest absolute Gasteiger partial charge is 0.131 e. The normalized spacial score (nSPS) is 10.6. The highest BCUT2D eigenvalue weighted by molar-refractivity contribution is 9.10. The molecular weight excluding hydrogens is 256 g/mol. The van der Waals surface area contributed by atoms with Crippen molar-refractivity contribution in [3.63, 3.8) is 0 Å². The number of hydrogen-bond donors (Lipinski definition) is 1. The molecule has 78 valence electrons. The quantitative estimate of drug-likeness (QED) is 0.861. The Morgan fingerprint density at radius 3 is 2.67 bits per heavy atom. The fraction of sp³-hybridized carbons (Fsp3) is 0.200. The second-order valence-corrected chi connectivity index (χ2v) is 4.27. The van der Waals surface area contributed by atoms with Gasteiger partial charge in [-0.2, -0.15) is 5.10 Å². The van der Waals surface area contributed by atoms with E-state index in [1.54, 1.807) is 12.4 Å². The van der Waals surface area contributed by atoms with E-state index in [9.17, 15) is 0 Å². The van der Waals surface area contributed by atoms with E-state index in [2.05, 4.69) is 26.0 Å². The summed E-state index contributed by atoms with van der Waals surface area (Å²) in [4.78, 5) is 4.10. The predicted octanol–water partition coefficient (Wildman–Crippen LogP) is 2.14. The van der Waals surface area contributed by atoms with Crippen molar-refractivity contribution in [3.05, 3.63) is 28.6 Å². The van der Waals surface area contributed by atoms with Crippen LogP contribution >= 0.6 is 15.9 Å². The Morgan fingerprint density at radius 1 is 1.33 bits per heavy atom. The summed E-state index contributed by atoms with van der Waals surface area (Å²) in [5.41, 5.74) is 8.83. The van der Waals surface area contributed by atoms with Crippen molar-refractivity contribution in [2.75, 3.05) is 5.73 Å². The van der Waals surface area contributed by atoms with E-state index in [1.165, 1.54) is 0 Å². The van der Waals surface area contributed by atoms with Gasteiger partial charge >= 0.3 is 0 Å². The molecule has 2 rings (SSSR count). The molecule has 0 aliphatic heterocycles. The van der Waals surface area contributed by atoms with Crippen molar-refractivity contribution in [2.45, 2.75) is 6.92 Å². The largest absolute Gasteiger partial charge is 0.383 e. The van der Waals surface area contributed by atoms with Crippen molar-refractivity contribution in [1.29, 1.82) is 0 Å². The van der Waals surface area contributed by atoms with E-state index in [1.807, 2.05) is 24.7 Å². The number of halogens is 1. The van der Waals surface area contributed by atoms with Crippen LogP contribution in [0.4, 0.5) is 5.82 Å². The molecule has 5 heteroatoms. The van der Waals surface area contributed by atoms with Gasteiger partial charge in [0.1, 0.15) is 5.82 Å². The van der Waals surface area contributed by atoms with E-state index < -0.39 is 0 Å². The van der Waals surface area contributed by atoms with E-state index in [-0.39, 0.29) is 0 Å². The van der Waals surface area contributed by atoms with Crippen LogP contribution in [-0.4, -0.2) is 14.8 Å². The standard InChI is InChI=1S/C10H11BrN4/c1-6-9(5-14-15(6)2)8-3-7(11)4-13-10(8)12/h3-5H,1-2H3,(H2,12,13). The minimum atomic E-state index is 0.523. The van der Waals surface area contributed by atoms with Crippen LogP contribution in [-0.2, 0) is 7.05 Å². The van der Waals surface area contributed by atoms with Crippen LogP contribution in [0.2, 0.25) is 0 Å². The van der Waals surface area contributed by atoms with Crippen LogP contribution in [0.3, 0.4) is 0 Å². The maximum absolute atomic E-state index is 5.83. The molecule has 0 spiro atoms. The Balaban J connectivity index is 2.63. The molecule has 0 fully saturated rings. The third kappa shape index (κ3) is 1.74. The summed E-state index contributed by atoms with van der Waals surface area (Å²) < 4.78 is 2.73. The second-order valence-electron chi connectivity index (χ2n) is 3.35. The minimum Gasteiger partial charge on any atom is -0.383 e. The number of hydrogen-bond acceptors (Lipinski definition) is 3. The summed E-state index contributed by atoms with van der Waals surface area (Å²) in [5, 5.41) is 4.18. The van der Waals surface area contributed by atoms with E-state index >= 15 is 0 Å². The van der Waals surface area contributed by atoms with Crippen LogP contribution in [0.1, 0.15) is 5.69 Å². The van der Waals surface area contributed by atoms with Gasteiger partial charge in [0.2, 0.25) is 0 Å². The predicted molar refractivity (Wildman–Crippen MR) is 63.3 cm³/mol. The van der Waals surface area contributed by atoms with Crippen molar-refractivity contribution >= 4 is 21.7 Å². The van der Waals surface area contributed by atoms with E-state index in [0.29, 0.717) is 5.82 Å². The molecule has 4 nitrogen and oxygen atoms in total. The molecule has 0 aliphatic carbocycles. The van der Waals surface area contributed by atoms with Crippen LogP contribution in [0.15, 0.2) is 22.9 Å². The number of pyridine rings is 1. The summed E-state index contributed by atoms with van der Waals surface area (Å²) in [5.74, 6) is 0.523. The van der Waals surface area contributed by atoms with Gasteiger partial charge in [0.25, 0.3) is 0 Å². The molecule has 0 saturated heterocycles. The number of nitrogen functional groups attached to an aromatic ring is 1. The third-order valence-corrected chi connectivity index (χ3v) is 2.84. The Labute approximate surface area is 96.3 Å². The molecule has 0 bridgehead atoms. The molecule has 2 aromatic heterocycles. The topological polar surface area (TPSA) is 56.7 Å². The molecule has 2 aromatic rings. The van der Waals surface area contributed by atoms with Gasteiger partial charge < -0.3 is 5.73 Å². The maximum Gasteiger partial charge on any atom is 0.131 e. The van der Waals surface area contributed by atoms with Gasteiger partial charge in [-0.25, -0.2) is 4.98 Å². The van der Waals surface area contributed by atoms with Crippen molar-refractivity contribution in [3.8, 4) is 11.1 Å². The van der Waals surface area contributed by atoms with Crippen LogP contribution in [0.5, 0.6) is 0 Å². The highest BCUT2D eigenvalue weighted by Crippen LogP contribution is 2.29. The van der Waals surface area contributed by atoms with Crippen molar-refractivity contribution in [1.82, 2.24) is 14.8 Å². The summed E-state index contributed by atoms with van der Waals surface area (Å²) >= 11 is 3.38. The van der Waals surface area contributed by atoms with Gasteiger partial charge in [0.05, 0.1) is 6.20 Å². The van der Waals surface area contributed by atoms with Crippen LogP contribution < -0.4 is 5.73 Å². The molecule has 0 radical (unpaired) electrons. The van der Waals surface area contributed by atoms with Gasteiger partial charge in [-0.3, -0.25) is 4.68 Å². The van der Waals surface area contributed by atoms with Crippen LogP contribution in [0, 0.1) is 6.92 Å². The van der Waals surface area contributed by atoms with Gasteiger partial charge in [0.15, 0.2) is 0 Å². The summed E-state index contributed by atoms with van der Waals surface area (Å²) in [6, 6.07) is 1.95. The average Bonchev–Trinajstić information content (AvgIpc) is 2.52. The Hall–Kier alpha value is -1.36. The lowest BCUT2D eigenvalue weighted by atomic mass is 10.1. The highest BCUT2D eigenvalue weighted by atomic mass is 79.9. The number of rotatable bonds is 1. The first-order valence-corrected chi connectivity index (χ1v) is 5.29. The SMILES string of the molecule is Cc1c(-c2cc(Br)cnc2N)cnn1C. The van der Waals surface area contributed by atoms with Gasteiger partial charge in [0, 0.05) is 34.5 Å². The summed E-state index contributed by atoms with van der Waals surface area (Å²) in [6.45, 7) is 2.00. The zero-order valence-corrected chi connectivity index (χ0v) is 10.1. The van der Waals surface area contributed by atoms with E-state index in [4.69, 9.17) is 5.73 Å². The lowest BCUT2D eigenvalue weighted by molar-refractivity contribution is 0.740. The first-order chi connectivity index (χ1) is 7.09. The summed E-state index contributed by atoms with van der Waals surface area (Å²) in [7, 11) is 1.90. The molecule has 0 amide bonds. The monoisotopic (exact) mass is 266 g/mol. The molecule has 15 heavy (non-hydrogen) atoms. The van der Waals surface area contributed by atoms with Gasteiger partial charge in [-0.1, -0.05) is 0 Å². The maximum atomic E-state index is 5.83. The fourth-order valence-corrected chi connectivity index (χ4v) is 1.76. The number of nitrogens with two attached hydrogens (primary N) is 1. The van der Waals surface area contributed by atoms with Crippen LogP contribution in [0.25, 0.3) is 11.1 Å². The number of aromatic nitrogens is 3. The highest BCUT2D eigenvalue weighted by Gasteiger charge is 2.10. The molecule has 0 aliphatic rings. The van der Waals surface area contributed by atoms with Gasteiger partial charge in [-0.05, 0) is 28.9 Å². The zero-order valence-electron chi connectivity index (χ0n) is 8.53. The molecule has 2 heterocycles. The van der Waals surface area contributed by atoms with E-state index in [0.717, 1.165) is 21.3 Å². The zero-order chi connectivity index (χ0) is 11.0. The Kier molecular flexibility index (Phi) is 2.48. The average molecular weight is 267 g/mol. The fourth-order valence-electron chi connectivity index (χ4n) is 1.43. The van der Waals surface area contributed by atoms with Crippen molar-refractivity contribution < 1.29 is 0 Å². The Bertz CT molecular complexity index is 504. The molecule has 0 aromatic carbocycles. The number of aryl methyl sites for hydroxylation is 1. The second kappa shape index (κ2) is 3.66. The minimum absolute atomic E-state index is 0.523. The molecule has 2 N–H and O–H groups in total. The molecular formula is C10H11BrN4. The molecule has 0 atom stereocenters. The number of anilines is 1. The van der Waals surface area contributed by atoms with Crippen molar-refractivity contribution in [2.24, 2.45) is 7.05 Å². The third-order valence-electron chi connectivity index (χ3n) is 2.41. The lowest BCUT2D eigenvalue weighted by Gasteiger charge is -2.04. The first-order valence-electron chi connectivity index (χ1n) is 4.49. The first kappa shape index (κ1) is 10.2. The molecule has 0 unspecified atom stereocenters.